The van der Waals surface area contributed by atoms with Crippen LogP contribution in [0.1, 0.15) is 51.4 Å². The maximum Gasteiger partial charge on any atom is 0.249 e. The van der Waals surface area contributed by atoms with Crippen molar-refractivity contribution >= 4 is 23.2 Å². The highest BCUT2D eigenvalue weighted by atomic mass is 19.1. The molecule has 5 N–H and O–H groups in total. The standard InChI is InChI=1S/C24H36FN5O2/c25-20-13-19(28-21-6-8-23(31)29-24(21)32)5-7-22(20)30-11-9-17(10-12-30)15-27-14-16-1-3-18(26)4-2-16/h5,7,13,16-18,21,27-28H,1-4,6,8-12,14-15,26H2,(H,29,31,32). The van der Waals surface area contributed by atoms with E-state index in [4.69, 9.17) is 5.73 Å². The Bertz CT molecular complexity index is 804. The number of halogens is 1. The van der Waals surface area contributed by atoms with Gasteiger partial charge in [-0.2, -0.15) is 0 Å². The number of benzene rings is 1. The number of piperidine rings is 2. The van der Waals surface area contributed by atoms with Crippen molar-refractivity contribution in [2.75, 3.05) is 36.4 Å². The van der Waals surface area contributed by atoms with Gasteiger partial charge in [-0.3, -0.25) is 14.9 Å². The van der Waals surface area contributed by atoms with Gasteiger partial charge in [0.2, 0.25) is 11.8 Å². The molecule has 1 aromatic carbocycles. The first-order chi connectivity index (χ1) is 15.5. The molecular formula is C24H36FN5O2. The van der Waals surface area contributed by atoms with Crippen LogP contribution in [0.2, 0.25) is 0 Å². The maximum absolute atomic E-state index is 14.8. The molecule has 1 atom stereocenters. The van der Waals surface area contributed by atoms with Crippen molar-refractivity contribution < 1.29 is 14.0 Å². The number of nitrogens with one attached hydrogen (secondary N) is 3. The Labute approximate surface area is 189 Å². The first kappa shape index (κ1) is 23.0. The molecule has 3 aliphatic rings. The van der Waals surface area contributed by atoms with Crippen LogP contribution in [0.3, 0.4) is 0 Å². The van der Waals surface area contributed by atoms with E-state index in [0.717, 1.165) is 57.8 Å². The summed E-state index contributed by atoms with van der Waals surface area (Å²) in [5.74, 6) is 0.500. The molecule has 8 heteroatoms. The second-order valence-corrected chi connectivity index (χ2v) is 9.68. The van der Waals surface area contributed by atoms with Crippen LogP contribution in [0.15, 0.2) is 18.2 Å². The lowest BCUT2D eigenvalue weighted by Gasteiger charge is -2.34. The third-order valence-corrected chi connectivity index (χ3v) is 7.24. The number of hydrogen-bond acceptors (Lipinski definition) is 6. The van der Waals surface area contributed by atoms with E-state index in [1.807, 2.05) is 6.07 Å². The minimum Gasteiger partial charge on any atom is -0.374 e. The molecule has 1 aromatic rings. The number of hydrogen-bond donors (Lipinski definition) is 4. The van der Waals surface area contributed by atoms with Gasteiger partial charge in [-0.15, -0.1) is 0 Å². The summed E-state index contributed by atoms with van der Waals surface area (Å²) in [6, 6.07) is 4.94. The van der Waals surface area contributed by atoms with Gasteiger partial charge in [-0.25, -0.2) is 4.39 Å². The zero-order valence-electron chi connectivity index (χ0n) is 18.7. The van der Waals surface area contributed by atoms with Gasteiger partial charge in [-0.1, -0.05) is 0 Å². The van der Waals surface area contributed by atoms with Gasteiger partial charge in [0.25, 0.3) is 0 Å². The summed E-state index contributed by atoms with van der Waals surface area (Å²) in [4.78, 5) is 25.3. The molecule has 2 heterocycles. The zero-order chi connectivity index (χ0) is 22.5. The van der Waals surface area contributed by atoms with Crippen molar-refractivity contribution in [3.63, 3.8) is 0 Å². The van der Waals surface area contributed by atoms with Gasteiger partial charge in [0.15, 0.2) is 0 Å². The van der Waals surface area contributed by atoms with Crippen molar-refractivity contribution in [1.29, 1.82) is 0 Å². The highest BCUT2D eigenvalue weighted by molar-refractivity contribution is 6.01. The van der Waals surface area contributed by atoms with E-state index in [0.29, 0.717) is 36.2 Å². The second kappa shape index (κ2) is 10.6. The molecule has 1 unspecified atom stereocenters. The lowest BCUT2D eigenvalue weighted by molar-refractivity contribution is -0.133. The molecule has 1 aliphatic carbocycles. The normalized spacial score (nSPS) is 27.3. The van der Waals surface area contributed by atoms with E-state index in [9.17, 15) is 14.0 Å². The second-order valence-electron chi connectivity index (χ2n) is 9.68. The lowest BCUT2D eigenvalue weighted by Crippen LogP contribution is -2.47. The van der Waals surface area contributed by atoms with Gasteiger partial charge in [0.1, 0.15) is 11.9 Å². The van der Waals surface area contributed by atoms with E-state index < -0.39 is 6.04 Å². The fourth-order valence-corrected chi connectivity index (χ4v) is 5.15. The van der Waals surface area contributed by atoms with E-state index in [1.54, 1.807) is 6.07 Å². The van der Waals surface area contributed by atoms with Gasteiger partial charge in [0.05, 0.1) is 5.69 Å². The molecule has 3 fully saturated rings. The number of anilines is 2. The number of carbonyl (C=O) groups is 2. The van der Waals surface area contributed by atoms with E-state index in [2.05, 4.69) is 20.9 Å². The summed E-state index contributed by atoms with van der Waals surface area (Å²) in [5, 5.41) is 9.02. The van der Waals surface area contributed by atoms with Gasteiger partial charge in [-0.05, 0) is 88.1 Å². The van der Waals surface area contributed by atoms with Crippen molar-refractivity contribution in [2.24, 2.45) is 17.6 Å². The SMILES string of the molecule is NC1CCC(CNCC2CCN(c3ccc(NC4CCC(=O)NC4=O)cc3F)CC2)CC1. The van der Waals surface area contributed by atoms with Crippen LogP contribution in [0, 0.1) is 17.7 Å². The average Bonchev–Trinajstić information content (AvgIpc) is 2.78. The molecule has 32 heavy (non-hydrogen) atoms. The summed E-state index contributed by atoms with van der Waals surface area (Å²) >= 11 is 0. The van der Waals surface area contributed by atoms with E-state index >= 15 is 0 Å². The summed E-state index contributed by atoms with van der Waals surface area (Å²) in [6.07, 6.45) is 7.60. The van der Waals surface area contributed by atoms with Crippen molar-refractivity contribution in [3.05, 3.63) is 24.0 Å². The first-order valence-electron chi connectivity index (χ1n) is 12.1. The smallest absolute Gasteiger partial charge is 0.249 e. The van der Waals surface area contributed by atoms with Crippen LogP contribution < -0.4 is 26.6 Å². The number of rotatable bonds is 7. The minimum absolute atomic E-state index is 0.257. The van der Waals surface area contributed by atoms with Gasteiger partial charge < -0.3 is 21.3 Å². The highest BCUT2D eigenvalue weighted by Crippen LogP contribution is 2.28. The Balaban J connectivity index is 1.21. The minimum atomic E-state index is -0.508. The quantitative estimate of drug-likeness (QED) is 0.481. The Morgan fingerprint density at radius 2 is 1.69 bits per heavy atom. The first-order valence-corrected chi connectivity index (χ1v) is 12.1. The molecule has 0 spiro atoms. The predicted molar refractivity (Wildman–Crippen MR) is 124 cm³/mol. The number of nitrogens with two attached hydrogens (primary N) is 1. The van der Waals surface area contributed by atoms with Crippen molar-refractivity contribution in [3.8, 4) is 0 Å². The predicted octanol–water partition coefficient (Wildman–Crippen LogP) is 2.37. The van der Waals surface area contributed by atoms with Crippen LogP contribution in [0.4, 0.5) is 15.8 Å². The number of amides is 2. The Morgan fingerprint density at radius 3 is 2.34 bits per heavy atom. The summed E-state index contributed by atoms with van der Waals surface area (Å²) in [6.45, 7) is 3.82. The molecule has 2 aliphatic heterocycles. The molecule has 4 rings (SSSR count). The van der Waals surface area contributed by atoms with Crippen LogP contribution in [0.5, 0.6) is 0 Å². The van der Waals surface area contributed by atoms with E-state index in [-0.39, 0.29) is 17.6 Å². The molecule has 7 nitrogen and oxygen atoms in total. The fraction of sp³-hybridized carbons (Fsp3) is 0.667. The maximum atomic E-state index is 14.8. The van der Waals surface area contributed by atoms with Crippen molar-refractivity contribution in [1.82, 2.24) is 10.6 Å². The third-order valence-electron chi connectivity index (χ3n) is 7.24. The van der Waals surface area contributed by atoms with E-state index in [1.165, 1.54) is 18.9 Å². The molecular weight excluding hydrogens is 409 g/mol. The van der Waals surface area contributed by atoms with Crippen LogP contribution >= 0.6 is 0 Å². The molecule has 0 bridgehead atoms. The average molecular weight is 446 g/mol. The van der Waals surface area contributed by atoms with Crippen molar-refractivity contribution in [2.45, 2.75) is 63.5 Å². The molecule has 1 saturated carbocycles. The molecule has 0 radical (unpaired) electrons. The van der Waals surface area contributed by atoms with Crippen LogP contribution in [-0.2, 0) is 9.59 Å². The lowest BCUT2D eigenvalue weighted by atomic mass is 9.86. The highest BCUT2D eigenvalue weighted by Gasteiger charge is 2.27. The van der Waals surface area contributed by atoms with Crippen LogP contribution in [0.25, 0.3) is 0 Å². The molecule has 0 aromatic heterocycles. The molecule has 176 valence electrons. The third kappa shape index (κ3) is 5.98. The summed E-state index contributed by atoms with van der Waals surface area (Å²) < 4.78 is 14.8. The van der Waals surface area contributed by atoms with Gasteiger partial charge in [0, 0.05) is 31.2 Å². The Morgan fingerprint density at radius 1 is 1.00 bits per heavy atom. The number of nitrogens with zero attached hydrogens (tertiary/aromatic N) is 1. The fourth-order valence-electron chi connectivity index (χ4n) is 5.15. The number of imide groups is 1. The zero-order valence-corrected chi connectivity index (χ0v) is 18.7. The van der Waals surface area contributed by atoms with Crippen LogP contribution in [-0.4, -0.2) is 50.1 Å². The Kier molecular flexibility index (Phi) is 7.63. The number of carbonyl (C=O) groups excluding carboxylic acids is 2. The summed E-state index contributed by atoms with van der Waals surface area (Å²) in [5.41, 5.74) is 7.17. The van der Waals surface area contributed by atoms with Gasteiger partial charge >= 0.3 is 0 Å². The topological polar surface area (TPSA) is 99.5 Å². The largest absolute Gasteiger partial charge is 0.374 e. The molecule has 2 amide bonds. The molecule has 2 saturated heterocycles. The summed E-state index contributed by atoms with van der Waals surface area (Å²) in [7, 11) is 0. The Hall–Kier alpha value is -2.19. The monoisotopic (exact) mass is 445 g/mol.